The maximum absolute atomic E-state index is 10.7. The number of ether oxygens (including phenoxy) is 1. The summed E-state index contributed by atoms with van der Waals surface area (Å²) >= 11 is 0. The molecule has 3 aromatic rings. The minimum Gasteiger partial charge on any atom is -0.378 e. The summed E-state index contributed by atoms with van der Waals surface area (Å²) in [5, 5.41) is 11.8. The van der Waals surface area contributed by atoms with Crippen LogP contribution in [0, 0.1) is 0 Å². The summed E-state index contributed by atoms with van der Waals surface area (Å²) in [4.78, 5) is 22.8. The molecule has 2 aromatic heterocycles. The van der Waals surface area contributed by atoms with Gasteiger partial charge in [-0.2, -0.15) is 10.1 Å². The van der Waals surface area contributed by atoms with Gasteiger partial charge in [-0.15, -0.1) is 0 Å². The predicted molar refractivity (Wildman–Crippen MR) is 126 cm³/mol. The fourth-order valence-electron chi connectivity index (χ4n) is 4.15. The number of anilines is 2. The zero-order chi connectivity index (χ0) is 22.3. The number of aromatic nitrogens is 4. The average molecular weight is 438 g/mol. The van der Waals surface area contributed by atoms with Gasteiger partial charge in [-0.3, -0.25) is 4.79 Å². The SMILES string of the molecule is CC.O=CNc1ccc(-c2nc(N3CCOCC3)nc3c2cnn3C2CCNCC2)cc1. The van der Waals surface area contributed by atoms with Crippen LogP contribution in [0.15, 0.2) is 30.5 Å². The molecule has 0 radical (unpaired) electrons. The van der Waals surface area contributed by atoms with Crippen LogP contribution in [0.4, 0.5) is 11.6 Å². The summed E-state index contributed by atoms with van der Waals surface area (Å²) in [6.07, 6.45) is 4.63. The molecule has 2 fully saturated rings. The first-order chi connectivity index (χ1) is 15.8. The summed E-state index contributed by atoms with van der Waals surface area (Å²) in [6.45, 7) is 8.88. The van der Waals surface area contributed by atoms with E-state index in [1.807, 2.05) is 44.3 Å². The van der Waals surface area contributed by atoms with Gasteiger partial charge in [-0.05, 0) is 38.1 Å². The van der Waals surface area contributed by atoms with Crippen molar-refractivity contribution in [3.05, 3.63) is 30.5 Å². The Balaban J connectivity index is 0.00000119. The smallest absolute Gasteiger partial charge is 0.228 e. The lowest BCUT2D eigenvalue weighted by Gasteiger charge is -2.27. The van der Waals surface area contributed by atoms with Crippen molar-refractivity contribution in [3.8, 4) is 11.3 Å². The average Bonchev–Trinajstić information content (AvgIpc) is 3.31. The van der Waals surface area contributed by atoms with E-state index in [9.17, 15) is 4.79 Å². The van der Waals surface area contributed by atoms with Crippen molar-refractivity contribution in [1.29, 1.82) is 0 Å². The van der Waals surface area contributed by atoms with Gasteiger partial charge >= 0.3 is 0 Å². The maximum Gasteiger partial charge on any atom is 0.228 e. The quantitative estimate of drug-likeness (QED) is 0.593. The summed E-state index contributed by atoms with van der Waals surface area (Å²) in [6, 6.07) is 8.03. The van der Waals surface area contributed by atoms with Crippen molar-refractivity contribution in [1.82, 2.24) is 25.1 Å². The highest BCUT2D eigenvalue weighted by molar-refractivity contribution is 5.91. The van der Waals surface area contributed by atoms with Crippen molar-refractivity contribution in [2.75, 3.05) is 49.6 Å². The Kier molecular flexibility index (Phi) is 7.28. The van der Waals surface area contributed by atoms with E-state index in [-0.39, 0.29) is 0 Å². The standard InChI is InChI=1S/C21H25N7O2.C2H6/c29-14-23-16-3-1-15(2-4-16)19-18-13-24-28(17-5-7-22-8-6-17)20(18)26-21(25-19)27-9-11-30-12-10-27;1-2/h1-4,13-14,17,22H,5-12H2,(H,23,29);1-2H3. The first-order valence-electron chi connectivity index (χ1n) is 11.4. The number of piperidine rings is 1. The lowest BCUT2D eigenvalue weighted by Crippen LogP contribution is -2.37. The van der Waals surface area contributed by atoms with E-state index in [1.165, 1.54) is 0 Å². The Morgan fingerprint density at radius 1 is 1.09 bits per heavy atom. The highest BCUT2D eigenvalue weighted by Crippen LogP contribution is 2.32. The second kappa shape index (κ2) is 10.5. The number of fused-ring (bicyclic) bond motifs is 1. The topological polar surface area (TPSA) is 97.2 Å². The number of hydrogen-bond acceptors (Lipinski definition) is 7. The predicted octanol–water partition coefficient (Wildman–Crippen LogP) is 2.85. The molecule has 1 aromatic carbocycles. The van der Waals surface area contributed by atoms with E-state index in [1.54, 1.807) is 0 Å². The molecule has 0 spiro atoms. The van der Waals surface area contributed by atoms with Gasteiger partial charge in [0.15, 0.2) is 5.65 Å². The van der Waals surface area contributed by atoms with Crippen molar-refractivity contribution < 1.29 is 9.53 Å². The van der Waals surface area contributed by atoms with E-state index in [0.29, 0.717) is 31.6 Å². The van der Waals surface area contributed by atoms with Gasteiger partial charge in [0.25, 0.3) is 0 Å². The number of nitrogens with one attached hydrogen (secondary N) is 2. The molecule has 2 N–H and O–H groups in total. The number of hydrogen-bond donors (Lipinski definition) is 2. The lowest BCUT2D eigenvalue weighted by atomic mass is 10.1. The Morgan fingerprint density at radius 3 is 2.50 bits per heavy atom. The Hall–Kier alpha value is -3.04. The van der Waals surface area contributed by atoms with E-state index in [0.717, 1.165) is 67.0 Å². The van der Waals surface area contributed by atoms with Gasteiger partial charge in [-0.25, -0.2) is 9.67 Å². The molecule has 9 heteroatoms. The minimum atomic E-state index is 0.336. The third kappa shape index (κ3) is 4.58. The number of benzene rings is 1. The van der Waals surface area contributed by atoms with Crippen molar-refractivity contribution >= 4 is 29.1 Å². The van der Waals surface area contributed by atoms with Gasteiger partial charge in [0.05, 0.1) is 36.5 Å². The molecule has 0 unspecified atom stereocenters. The number of carbonyl (C=O) groups excluding carboxylic acids is 1. The molecule has 0 atom stereocenters. The van der Waals surface area contributed by atoms with E-state index in [2.05, 4.69) is 20.2 Å². The molecule has 1 amide bonds. The number of amides is 1. The van der Waals surface area contributed by atoms with Gasteiger partial charge in [-0.1, -0.05) is 26.0 Å². The largest absolute Gasteiger partial charge is 0.378 e. The highest BCUT2D eigenvalue weighted by atomic mass is 16.5. The molecule has 170 valence electrons. The van der Waals surface area contributed by atoms with E-state index >= 15 is 0 Å². The van der Waals surface area contributed by atoms with Crippen LogP contribution in [0.1, 0.15) is 32.7 Å². The molecule has 0 aliphatic carbocycles. The monoisotopic (exact) mass is 437 g/mol. The van der Waals surface area contributed by atoms with Crippen LogP contribution in [-0.4, -0.2) is 65.6 Å². The molecule has 4 heterocycles. The summed E-state index contributed by atoms with van der Waals surface area (Å²) in [5.41, 5.74) is 3.46. The first kappa shape index (κ1) is 22.2. The van der Waals surface area contributed by atoms with Crippen LogP contribution in [0.3, 0.4) is 0 Å². The van der Waals surface area contributed by atoms with Gasteiger partial charge < -0.3 is 20.3 Å². The molecule has 0 bridgehead atoms. The third-order valence-corrected chi connectivity index (χ3v) is 5.77. The van der Waals surface area contributed by atoms with Crippen LogP contribution in [0.5, 0.6) is 0 Å². The van der Waals surface area contributed by atoms with Crippen LogP contribution >= 0.6 is 0 Å². The number of morpholine rings is 1. The molecule has 2 aliphatic heterocycles. The van der Waals surface area contributed by atoms with Gasteiger partial charge in [0, 0.05) is 24.3 Å². The molecular formula is C23H31N7O2. The van der Waals surface area contributed by atoms with Crippen molar-refractivity contribution in [2.24, 2.45) is 0 Å². The number of rotatable bonds is 5. The normalized spacial score (nSPS) is 17.0. The minimum absolute atomic E-state index is 0.336. The lowest BCUT2D eigenvalue weighted by molar-refractivity contribution is -0.105. The molecule has 2 aliphatic rings. The molecule has 2 saturated heterocycles. The molecule has 0 saturated carbocycles. The van der Waals surface area contributed by atoms with Crippen molar-refractivity contribution in [2.45, 2.75) is 32.7 Å². The van der Waals surface area contributed by atoms with Crippen LogP contribution in [0.25, 0.3) is 22.3 Å². The van der Waals surface area contributed by atoms with Gasteiger partial charge in [0.1, 0.15) is 0 Å². The number of nitrogens with zero attached hydrogens (tertiary/aromatic N) is 5. The zero-order valence-corrected chi connectivity index (χ0v) is 18.8. The molecular weight excluding hydrogens is 406 g/mol. The fourth-order valence-corrected chi connectivity index (χ4v) is 4.15. The Labute approximate surface area is 188 Å². The van der Waals surface area contributed by atoms with Gasteiger partial charge in [0.2, 0.25) is 12.4 Å². The summed E-state index contributed by atoms with van der Waals surface area (Å²) in [7, 11) is 0. The van der Waals surface area contributed by atoms with Crippen molar-refractivity contribution in [3.63, 3.8) is 0 Å². The summed E-state index contributed by atoms with van der Waals surface area (Å²) < 4.78 is 7.58. The van der Waals surface area contributed by atoms with Crippen LogP contribution in [0.2, 0.25) is 0 Å². The third-order valence-electron chi connectivity index (χ3n) is 5.77. The second-order valence-corrected chi connectivity index (χ2v) is 7.62. The van der Waals surface area contributed by atoms with Crippen LogP contribution in [-0.2, 0) is 9.53 Å². The van der Waals surface area contributed by atoms with E-state index < -0.39 is 0 Å². The Bertz CT molecular complexity index is 1020. The molecule has 9 nitrogen and oxygen atoms in total. The second-order valence-electron chi connectivity index (χ2n) is 7.62. The number of carbonyl (C=O) groups is 1. The first-order valence-corrected chi connectivity index (χ1v) is 11.4. The highest BCUT2D eigenvalue weighted by Gasteiger charge is 2.23. The molecule has 5 rings (SSSR count). The van der Waals surface area contributed by atoms with Crippen LogP contribution < -0.4 is 15.5 Å². The zero-order valence-electron chi connectivity index (χ0n) is 18.8. The van der Waals surface area contributed by atoms with E-state index in [4.69, 9.17) is 19.8 Å². The fraction of sp³-hybridized carbons (Fsp3) is 0.478. The maximum atomic E-state index is 10.7. The Morgan fingerprint density at radius 2 is 1.81 bits per heavy atom. The summed E-state index contributed by atoms with van der Waals surface area (Å²) in [5.74, 6) is 0.714. The molecule has 32 heavy (non-hydrogen) atoms.